The molecule has 0 heterocycles. The highest BCUT2D eigenvalue weighted by atomic mass is 79.9. The molecule has 94 valence electrons. The minimum atomic E-state index is 0.812. The van der Waals surface area contributed by atoms with Gasteiger partial charge in [0.05, 0.1) is 7.11 Å². The van der Waals surface area contributed by atoms with E-state index in [1.54, 1.807) is 7.11 Å². The Kier molecular flexibility index (Phi) is 4.26. The number of benzene rings is 2. The van der Waals surface area contributed by atoms with Crippen LogP contribution in [0.15, 0.2) is 46.9 Å². The molecule has 0 saturated carbocycles. The summed E-state index contributed by atoms with van der Waals surface area (Å²) in [7, 11) is 1.68. The Bertz CT molecular complexity index is 540. The molecule has 1 N–H and O–H groups in total. The number of ether oxygens (including phenoxy) is 1. The summed E-state index contributed by atoms with van der Waals surface area (Å²) >= 11 is 3.48. The summed E-state index contributed by atoms with van der Waals surface area (Å²) in [6, 6.07) is 14.3. The molecule has 2 nitrogen and oxygen atoms in total. The Morgan fingerprint density at radius 2 is 2.00 bits per heavy atom. The van der Waals surface area contributed by atoms with E-state index in [1.807, 2.05) is 30.3 Å². The largest absolute Gasteiger partial charge is 0.497 e. The Morgan fingerprint density at radius 3 is 2.67 bits per heavy atom. The highest BCUT2D eigenvalue weighted by molar-refractivity contribution is 9.10. The lowest BCUT2D eigenvalue weighted by atomic mass is 10.1. The van der Waals surface area contributed by atoms with Crippen molar-refractivity contribution in [2.75, 3.05) is 12.4 Å². The number of anilines is 1. The van der Waals surface area contributed by atoms with Crippen LogP contribution in [-0.4, -0.2) is 7.11 Å². The van der Waals surface area contributed by atoms with Gasteiger partial charge in [0.2, 0.25) is 0 Å². The molecule has 2 aromatic carbocycles. The average molecular weight is 306 g/mol. The van der Waals surface area contributed by atoms with Gasteiger partial charge in [0.25, 0.3) is 0 Å². The van der Waals surface area contributed by atoms with Crippen molar-refractivity contribution in [3.05, 3.63) is 58.1 Å². The Balaban J connectivity index is 2.06. The molecule has 0 unspecified atom stereocenters. The lowest BCUT2D eigenvalue weighted by Gasteiger charge is -2.11. The first kappa shape index (κ1) is 13.0. The first-order chi connectivity index (χ1) is 8.69. The molecule has 2 aromatic rings. The third-order valence-corrected chi connectivity index (χ3v) is 3.30. The zero-order valence-electron chi connectivity index (χ0n) is 10.5. The van der Waals surface area contributed by atoms with Crippen LogP contribution in [0.3, 0.4) is 0 Å². The van der Waals surface area contributed by atoms with Crippen LogP contribution in [0.4, 0.5) is 5.69 Å². The fourth-order valence-corrected chi connectivity index (χ4v) is 2.25. The third-order valence-electron chi connectivity index (χ3n) is 2.81. The molecule has 0 radical (unpaired) electrons. The summed E-state index contributed by atoms with van der Waals surface area (Å²) in [6.45, 7) is 2.89. The van der Waals surface area contributed by atoms with Crippen LogP contribution in [0.2, 0.25) is 0 Å². The van der Waals surface area contributed by atoms with Crippen molar-refractivity contribution in [3.63, 3.8) is 0 Å². The van der Waals surface area contributed by atoms with E-state index in [1.165, 1.54) is 11.1 Å². The van der Waals surface area contributed by atoms with E-state index in [0.717, 1.165) is 22.5 Å². The van der Waals surface area contributed by atoms with Gasteiger partial charge in [-0.15, -0.1) is 0 Å². The molecular weight excluding hydrogens is 290 g/mol. The van der Waals surface area contributed by atoms with Crippen molar-refractivity contribution in [1.82, 2.24) is 0 Å². The number of aryl methyl sites for hydroxylation is 1. The number of hydrogen-bond donors (Lipinski definition) is 1. The van der Waals surface area contributed by atoms with Gasteiger partial charge in [0.1, 0.15) is 5.75 Å². The molecule has 0 fully saturated rings. The Hall–Kier alpha value is -1.48. The van der Waals surface area contributed by atoms with Crippen molar-refractivity contribution in [2.45, 2.75) is 13.5 Å². The lowest BCUT2D eigenvalue weighted by molar-refractivity contribution is 0.414. The van der Waals surface area contributed by atoms with Gasteiger partial charge < -0.3 is 10.1 Å². The molecular formula is C15H16BrNO. The maximum absolute atomic E-state index is 5.19. The van der Waals surface area contributed by atoms with E-state index in [-0.39, 0.29) is 0 Å². The van der Waals surface area contributed by atoms with Gasteiger partial charge in [-0.3, -0.25) is 0 Å². The highest BCUT2D eigenvalue weighted by Crippen LogP contribution is 2.22. The molecule has 0 amide bonds. The molecule has 0 saturated heterocycles. The quantitative estimate of drug-likeness (QED) is 0.905. The van der Waals surface area contributed by atoms with Gasteiger partial charge in [-0.25, -0.2) is 0 Å². The zero-order valence-corrected chi connectivity index (χ0v) is 12.1. The Labute approximate surface area is 116 Å². The lowest BCUT2D eigenvalue weighted by Crippen LogP contribution is -2.01. The van der Waals surface area contributed by atoms with E-state index >= 15 is 0 Å². The van der Waals surface area contributed by atoms with Gasteiger partial charge in [0, 0.05) is 16.7 Å². The molecule has 0 atom stereocenters. The minimum Gasteiger partial charge on any atom is -0.497 e. The Morgan fingerprint density at radius 1 is 1.17 bits per heavy atom. The average Bonchev–Trinajstić information content (AvgIpc) is 2.37. The summed E-state index contributed by atoms with van der Waals surface area (Å²) < 4.78 is 6.30. The zero-order chi connectivity index (χ0) is 13.0. The normalized spacial score (nSPS) is 10.2. The standard InChI is InChI=1S/C15H16BrNO/c1-11-8-14(18-2)6-7-15(11)17-10-12-4-3-5-13(16)9-12/h3-9,17H,10H2,1-2H3. The van der Waals surface area contributed by atoms with Crippen LogP contribution < -0.4 is 10.1 Å². The molecule has 18 heavy (non-hydrogen) atoms. The molecule has 2 rings (SSSR count). The van der Waals surface area contributed by atoms with Gasteiger partial charge in [-0.1, -0.05) is 28.1 Å². The molecule has 3 heteroatoms. The van der Waals surface area contributed by atoms with Gasteiger partial charge in [-0.05, 0) is 48.4 Å². The number of hydrogen-bond acceptors (Lipinski definition) is 2. The molecule has 0 aromatic heterocycles. The van der Waals surface area contributed by atoms with Crippen molar-refractivity contribution >= 4 is 21.6 Å². The van der Waals surface area contributed by atoms with Crippen molar-refractivity contribution in [3.8, 4) is 5.75 Å². The minimum absolute atomic E-state index is 0.812. The van der Waals surface area contributed by atoms with Gasteiger partial charge >= 0.3 is 0 Å². The molecule has 0 bridgehead atoms. The van der Waals surface area contributed by atoms with E-state index in [0.29, 0.717) is 0 Å². The van der Waals surface area contributed by atoms with E-state index < -0.39 is 0 Å². The molecule has 0 spiro atoms. The van der Waals surface area contributed by atoms with Crippen LogP contribution in [0, 0.1) is 6.92 Å². The predicted octanol–water partition coefficient (Wildman–Crippen LogP) is 4.38. The molecule has 0 aliphatic rings. The maximum atomic E-state index is 5.19. The van der Waals surface area contributed by atoms with Crippen LogP contribution in [-0.2, 0) is 6.54 Å². The van der Waals surface area contributed by atoms with Crippen LogP contribution in [0.5, 0.6) is 5.75 Å². The monoisotopic (exact) mass is 305 g/mol. The van der Waals surface area contributed by atoms with Gasteiger partial charge in [-0.2, -0.15) is 0 Å². The van der Waals surface area contributed by atoms with Gasteiger partial charge in [0.15, 0.2) is 0 Å². The molecule has 0 aliphatic heterocycles. The maximum Gasteiger partial charge on any atom is 0.119 e. The van der Waals surface area contributed by atoms with E-state index in [2.05, 4.69) is 40.3 Å². The first-order valence-corrected chi connectivity index (χ1v) is 6.61. The first-order valence-electron chi connectivity index (χ1n) is 5.82. The van der Waals surface area contributed by atoms with Crippen molar-refractivity contribution in [1.29, 1.82) is 0 Å². The second-order valence-corrected chi connectivity index (χ2v) is 5.08. The summed E-state index contributed by atoms with van der Waals surface area (Å²) in [6.07, 6.45) is 0. The summed E-state index contributed by atoms with van der Waals surface area (Å²) in [5.41, 5.74) is 3.57. The third kappa shape index (κ3) is 3.26. The van der Waals surface area contributed by atoms with Crippen LogP contribution in [0.1, 0.15) is 11.1 Å². The summed E-state index contributed by atoms with van der Waals surface area (Å²) in [5.74, 6) is 0.889. The SMILES string of the molecule is COc1ccc(NCc2cccc(Br)c2)c(C)c1. The summed E-state index contributed by atoms with van der Waals surface area (Å²) in [5, 5.41) is 3.43. The smallest absolute Gasteiger partial charge is 0.119 e. The summed E-state index contributed by atoms with van der Waals surface area (Å²) in [4.78, 5) is 0. The van der Waals surface area contributed by atoms with E-state index in [4.69, 9.17) is 4.74 Å². The topological polar surface area (TPSA) is 21.3 Å². The van der Waals surface area contributed by atoms with Crippen molar-refractivity contribution < 1.29 is 4.74 Å². The second-order valence-electron chi connectivity index (χ2n) is 4.16. The van der Waals surface area contributed by atoms with Crippen LogP contribution >= 0.6 is 15.9 Å². The molecule has 0 aliphatic carbocycles. The van der Waals surface area contributed by atoms with E-state index in [9.17, 15) is 0 Å². The fourth-order valence-electron chi connectivity index (χ4n) is 1.81. The highest BCUT2D eigenvalue weighted by Gasteiger charge is 2.00. The number of halogens is 1. The number of rotatable bonds is 4. The fraction of sp³-hybridized carbons (Fsp3) is 0.200. The number of nitrogens with one attached hydrogen (secondary N) is 1. The predicted molar refractivity (Wildman–Crippen MR) is 79.2 cm³/mol. The number of methoxy groups -OCH3 is 1. The second kappa shape index (κ2) is 5.91. The van der Waals surface area contributed by atoms with Crippen LogP contribution in [0.25, 0.3) is 0 Å². The van der Waals surface area contributed by atoms with Crippen molar-refractivity contribution in [2.24, 2.45) is 0 Å².